The molecule has 1 aromatic carbocycles. The second-order valence-corrected chi connectivity index (χ2v) is 5.94. The normalized spacial score (nSPS) is 12.2. The average Bonchev–Trinajstić information content (AvgIpc) is 2.44. The van der Waals surface area contributed by atoms with Gasteiger partial charge in [-0.3, -0.25) is 9.00 Å². The van der Waals surface area contributed by atoms with E-state index in [-0.39, 0.29) is 16.5 Å². The number of carboxylic acid groups (broad SMARTS) is 1. The minimum Gasteiger partial charge on any atom is -0.478 e. The van der Waals surface area contributed by atoms with Gasteiger partial charge in [-0.2, -0.15) is 0 Å². The van der Waals surface area contributed by atoms with Crippen LogP contribution in [0.2, 0.25) is 0 Å². The Morgan fingerprint density at radius 2 is 1.95 bits per heavy atom. The van der Waals surface area contributed by atoms with Crippen molar-refractivity contribution >= 4 is 22.7 Å². The van der Waals surface area contributed by atoms with Gasteiger partial charge < -0.3 is 10.4 Å². The monoisotopic (exact) mass is 315 g/mol. The van der Waals surface area contributed by atoms with Crippen LogP contribution >= 0.6 is 0 Å². The van der Waals surface area contributed by atoms with Crippen molar-refractivity contribution in [1.29, 1.82) is 0 Å². The largest absolute Gasteiger partial charge is 0.478 e. The third-order valence-electron chi connectivity index (χ3n) is 3.04. The predicted molar refractivity (Wildman–Crippen MR) is 77.1 cm³/mol. The fourth-order valence-corrected chi connectivity index (χ4v) is 2.79. The lowest BCUT2D eigenvalue weighted by molar-refractivity contribution is -0.119. The molecule has 1 unspecified atom stereocenters. The Hall–Kier alpha value is -1.76. The zero-order valence-electron chi connectivity index (χ0n) is 11.9. The first-order chi connectivity index (χ1) is 9.88. The van der Waals surface area contributed by atoms with Crippen molar-refractivity contribution in [3.8, 4) is 0 Å². The van der Waals surface area contributed by atoms with Crippen molar-refractivity contribution in [2.45, 2.75) is 37.6 Å². The Labute approximate surface area is 125 Å². The highest BCUT2D eigenvalue weighted by atomic mass is 32.2. The molecular weight excluding hydrogens is 297 g/mol. The molecule has 1 atom stereocenters. The Balaban J connectivity index is 2.82. The lowest BCUT2D eigenvalue weighted by Gasteiger charge is -2.14. The van der Waals surface area contributed by atoms with Gasteiger partial charge in [0.15, 0.2) is 0 Å². The highest BCUT2D eigenvalue weighted by Crippen LogP contribution is 2.15. The average molecular weight is 315 g/mol. The molecule has 0 heterocycles. The van der Waals surface area contributed by atoms with Crippen LogP contribution in [0.4, 0.5) is 4.39 Å². The van der Waals surface area contributed by atoms with Gasteiger partial charge in [0.2, 0.25) is 5.91 Å². The topological polar surface area (TPSA) is 83.5 Å². The Morgan fingerprint density at radius 3 is 2.48 bits per heavy atom. The van der Waals surface area contributed by atoms with E-state index in [9.17, 15) is 18.2 Å². The number of nitrogens with one attached hydrogen (secondary N) is 1. The van der Waals surface area contributed by atoms with Gasteiger partial charge in [-0.05, 0) is 31.0 Å². The molecule has 0 radical (unpaired) electrons. The molecule has 0 saturated heterocycles. The van der Waals surface area contributed by atoms with Crippen LogP contribution in [0.25, 0.3) is 0 Å². The van der Waals surface area contributed by atoms with Crippen molar-refractivity contribution in [3.05, 3.63) is 29.6 Å². The van der Waals surface area contributed by atoms with Gasteiger partial charge in [0.1, 0.15) is 11.6 Å². The Morgan fingerprint density at radius 1 is 1.33 bits per heavy atom. The van der Waals surface area contributed by atoms with Gasteiger partial charge in [0.25, 0.3) is 0 Å². The van der Waals surface area contributed by atoms with Crippen molar-refractivity contribution in [2.75, 3.05) is 5.75 Å². The van der Waals surface area contributed by atoms with Gasteiger partial charge in [-0.25, -0.2) is 9.18 Å². The highest BCUT2D eigenvalue weighted by Gasteiger charge is 2.18. The Bertz CT molecular complexity index is 558. The van der Waals surface area contributed by atoms with E-state index in [1.165, 1.54) is 0 Å². The van der Waals surface area contributed by atoms with E-state index >= 15 is 0 Å². The third kappa shape index (κ3) is 4.93. The summed E-state index contributed by atoms with van der Waals surface area (Å²) < 4.78 is 25.6. The van der Waals surface area contributed by atoms with Crippen molar-refractivity contribution in [2.24, 2.45) is 0 Å². The second-order valence-electron chi connectivity index (χ2n) is 4.52. The lowest BCUT2D eigenvalue weighted by Crippen LogP contribution is -2.36. The van der Waals surface area contributed by atoms with Crippen LogP contribution in [0, 0.1) is 5.82 Å². The van der Waals surface area contributed by atoms with Crippen LogP contribution in [0.5, 0.6) is 0 Å². The van der Waals surface area contributed by atoms with Crippen LogP contribution in [-0.2, 0) is 15.6 Å². The second kappa shape index (κ2) is 7.87. The first-order valence-electron chi connectivity index (χ1n) is 6.59. The van der Waals surface area contributed by atoms with Gasteiger partial charge in [-0.1, -0.05) is 13.8 Å². The lowest BCUT2D eigenvalue weighted by atomic mass is 10.2. The number of rotatable bonds is 7. The maximum absolute atomic E-state index is 13.6. The van der Waals surface area contributed by atoms with Crippen LogP contribution < -0.4 is 5.32 Å². The number of carbonyl (C=O) groups excluding carboxylic acids is 1. The molecule has 1 rings (SSSR count). The molecule has 0 aliphatic heterocycles. The number of hydrogen-bond acceptors (Lipinski definition) is 3. The number of halogens is 1. The van der Waals surface area contributed by atoms with E-state index in [1.54, 1.807) is 0 Å². The molecule has 0 aliphatic rings. The molecule has 0 spiro atoms. The number of carboxylic acids is 1. The molecule has 1 aromatic rings. The summed E-state index contributed by atoms with van der Waals surface area (Å²) in [6.07, 6.45) is 1.50. The van der Waals surface area contributed by atoms with Crippen LogP contribution in [-0.4, -0.2) is 33.0 Å². The molecule has 0 fully saturated rings. The molecule has 0 aliphatic carbocycles. The van der Waals surface area contributed by atoms with Crippen LogP contribution in [0.3, 0.4) is 0 Å². The van der Waals surface area contributed by atoms with Gasteiger partial charge >= 0.3 is 5.97 Å². The number of benzene rings is 1. The van der Waals surface area contributed by atoms with Gasteiger partial charge in [0.05, 0.1) is 21.3 Å². The van der Waals surface area contributed by atoms with E-state index < -0.39 is 34.2 Å². The molecule has 7 heteroatoms. The standard InChI is InChI=1S/C14H18FNO4S/c1-3-10(4-2)16-13(17)8-21(20)12-7-9(14(18)19)5-6-11(12)15/h5-7,10H,3-4,8H2,1-2H3,(H,16,17)(H,18,19). The quantitative estimate of drug-likeness (QED) is 0.805. The smallest absolute Gasteiger partial charge is 0.335 e. The van der Waals surface area contributed by atoms with E-state index in [0.29, 0.717) is 0 Å². The SMILES string of the molecule is CCC(CC)NC(=O)CS(=O)c1cc(C(=O)O)ccc1F. The maximum Gasteiger partial charge on any atom is 0.335 e. The van der Waals surface area contributed by atoms with E-state index in [1.807, 2.05) is 13.8 Å². The summed E-state index contributed by atoms with van der Waals surface area (Å²) in [6.45, 7) is 3.84. The molecule has 0 aromatic heterocycles. The van der Waals surface area contributed by atoms with Crippen LogP contribution in [0.15, 0.2) is 23.1 Å². The summed E-state index contributed by atoms with van der Waals surface area (Å²) in [5.41, 5.74) is -0.167. The van der Waals surface area contributed by atoms with Gasteiger partial charge in [0, 0.05) is 6.04 Å². The number of hydrogen-bond donors (Lipinski definition) is 2. The molecule has 2 N–H and O–H groups in total. The van der Waals surface area contributed by atoms with Crippen molar-refractivity contribution < 1.29 is 23.3 Å². The fraction of sp³-hybridized carbons (Fsp3) is 0.429. The number of aromatic carboxylic acids is 1. The number of carbonyl (C=O) groups is 2. The molecule has 0 bridgehead atoms. The molecule has 5 nitrogen and oxygen atoms in total. The molecule has 0 saturated carbocycles. The van der Waals surface area contributed by atoms with Crippen LogP contribution in [0.1, 0.15) is 37.0 Å². The van der Waals surface area contributed by atoms with E-state index in [0.717, 1.165) is 31.0 Å². The first-order valence-corrected chi connectivity index (χ1v) is 7.91. The minimum atomic E-state index is -1.92. The van der Waals surface area contributed by atoms with Crippen molar-refractivity contribution in [1.82, 2.24) is 5.32 Å². The highest BCUT2D eigenvalue weighted by molar-refractivity contribution is 7.85. The fourth-order valence-electron chi connectivity index (χ4n) is 1.77. The van der Waals surface area contributed by atoms with E-state index in [4.69, 9.17) is 5.11 Å². The summed E-state index contributed by atoms with van der Waals surface area (Å²) in [6, 6.07) is 3.01. The predicted octanol–water partition coefficient (Wildman–Crippen LogP) is 1.94. The number of amides is 1. The maximum atomic E-state index is 13.6. The summed E-state index contributed by atoms with van der Waals surface area (Å²) in [7, 11) is -1.92. The molecule has 1 amide bonds. The summed E-state index contributed by atoms with van der Waals surface area (Å²) in [5, 5.41) is 11.5. The van der Waals surface area contributed by atoms with Crippen molar-refractivity contribution in [3.63, 3.8) is 0 Å². The van der Waals surface area contributed by atoms with E-state index in [2.05, 4.69) is 5.32 Å². The molecule has 21 heavy (non-hydrogen) atoms. The zero-order valence-corrected chi connectivity index (χ0v) is 12.7. The summed E-state index contributed by atoms with van der Waals surface area (Å²) >= 11 is 0. The molecule has 116 valence electrons. The minimum absolute atomic E-state index is 0.00954. The first kappa shape index (κ1) is 17.3. The summed E-state index contributed by atoms with van der Waals surface area (Å²) in [5.74, 6) is -2.86. The van der Waals surface area contributed by atoms with Gasteiger partial charge in [-0.15, -0.1) is 0 Å². The summed E-state index contributed by atoms with van der Waals surface area (Å²) in [4.78, 5) is 22.3. The Kier molecular flexibility index (Phi) is 6.48. The zero-order chi connectivity index (χ0) is 16.0. The third-order valence-corrected chi connectivity index (χ3v) is 4.36. The molecular formula is C14H18FNO4S.